The standard InChI is InChI=1S/C29H30N2O6/c1-3-24(19-10-6-5-7-11-19)30-29(35)31-26(32)23(18-21-12-8-9-13-25(21)36-4-2)27(31)37-22-16-14-20(15-17-22)28(33)34/h5-17,23-24,27H,3-4,18H2,1-2H3,(H,30,35)(H,33,34)/t23-,24-,27+/m1/s1. The largest absolute Gasteiger partial charge is 0.494 e. The summed E-state index contributed by atoms with van der Waals surface area (Å²) in [6.45, 7) is 4.33. The van der Waals surface area contributed by atoms with E-state index in [9.17, 15) is 19.5 Å². The molecule has 0 saturated carbocycles. The smallest absolute Gasteiger partial charge is 0.335 e. The Morgan fingerprint density at radius 3 is 2.30 bits per heavy atom. The van der Waals surface area contributed by atoms with Gasteiger partial charge < -0.3 is 19.9 Å². The number of carboxylic acid groups (broad SMARTS) is 1. The number of rotatable bonds is 10. The van der Waals surface area contributed by atoms with Crippen molar-refractivity contribution in [3.8, 4) is 11.5 Å². The van der Waals surface area contributed by atoms with E-state index >= 15 is 0 Å². The van der Waals surface area contributed by atoms with Gasteiger partial charge in [-0.2, -0.15) is 0 Å². The zero-order valence-electron chi connectivity index (χ0n) is 20.8. The SMILES string of the molecule is CCOc1ccccc1C[C@@H]1C(=O)N(C(=O)N[C@H](CC)c2ccccc2)[C@H]1Oc1ccc(C(=O)O)cc1. The molecular weight excluding hydrogens is 472 g/mol. The first-order valence-electron chi connectivity index (χ1n) is 12.3. The van der Waals surface area contributed by atoms with Crippen LogP contribution in [0.1, 0.15) is 47.8 Å². The second-order valence-corrected chi connectivity index (χ2v) is 8.72. The molecule has 1 fully saturated rings. The molecule has 0 unspecified atom stereocenters. The number of nitrogens with zero attached hydrogens (tertiary/aromatic N) is 1. The van der Waals surface area contributed by atoms with Crippen molar-refractivity contribution in [2.45, 2.75) is 39.0 Å². The first-order valence-corrected chi connectivity index (χ1v) is 12.3. The first kappa shape index (κ1) is 25.8. The number of β-lactam (4-membered cyclic amide) rings is 1. The molecule has 0 aliphatic carbocycles. The van der Waals surface area contributed by atoms with Gasteiger partial charge in [0, 0.05) is 0 Å². The predicted molar refractivity (Wildman–Crippen MR) is 137 cm³/mol. The maximum atomic E-state index is 13.3. The number of urea groups is 1. The Kier molecular flexibility index (Phi) is 8.08. The third-order valence-corrected chi connectivity index (χ3v) is 6.35. The molecule has 3 amide bonds. The maximum Gasteiger partial charge on any atom is 0.335 e. The van der Waals surface area contributed by atoms with Gasteiger partial charge in [-0.05, 0) is 61.2 Å². The summed E-state index contributed by atoms with van der Waals surface area (Å²) in [5, 5.41) is 12.1. The molecule has 0 aromatic heterocycles. The van der Waals surface area contributed by atoms with Gasteiger partial charge in [0.25, 0.3) is 0 Å². The molecule has 3 aromatic rings. The first-order chi connectivity index (χ1) is 17.9. The van der Waals surface area contributed by atoms with Crippen molar-refractivity contribution in [2.24, 2.45) is 5.92 Å². The number of hydrogen-bond donors (Lipinski definition) is 2. The molecule has 192 valence electrons. The van der Waals surface area contributed by atoms with Crippen LogP contribution >= 0.6 is 0 Å². The number of hydrogen-bond acceptors (Lipinski definition) is 5. The molecule has 4 rings (SSSR count). The zero-order valence-corrected chi connectivity index (χ0v) is 20.8. The van der Waals surface area contributed by atoms with Crippen LogP contribution in [0.2, 0.25) is 0 Å². The van der Waals surface area contributed by atoms with Crippen LogP contribution in [0.3, 0.4) is 0 Å². The summed E-state index contributed by atoms with van der Waals surface area (Å²) in [4.78, 5) is 38.9. The van der Waals surface area contributed by atoms with Crippen molar-refractivity contribution in [1.29, 1.82) is 0 Å². The van der Waals surface area contributed by atoms with Crippen LogP contribution in [0.4, 0.5) is 4.79 Å². The Balaban J connectivity index is 1.58. The number of para-hydroxylation sites is 1. The van der Waals surface area contributed by atoms with E-state index in [2.05, 4.69) is 5.32 Å². The number of carboxylic acids is 1. The van der Waals surface area contributed by atoms with Gasteiger partial charge in [0.2, 0.25) is 5.91 Å². The van der Waals surface area contributed by atoms with Crippen LogP contribution in [0.15, 0.2) is 78.9 Å². The van der Waals surface area contributed by atoms with Crippen molar-refractivity contribution in [2.75, 3.05) is 6.61 Å². The highest BCUT2D eigenvalue weighted by molar-refractivity contribution is 6.01. The second-order valence-electron chi connectivity index (χ2n) is 8.72. The third-order valence-electron chi connectivity index (χ3n) is 6.35. The minimum absolute atomic E-state index is 0.113. The molecule has 2 N–H and O–H groups in total. The van der Waals surface area contributed by atoms with Gasteiger partial charge in [0.05, 0.1) is 24.1 Å². The van der Waals surface area contributed by atoms with Gasteiger partial charge in [-0.1, -0.05) is 55.5 Å². The van der Waals surface area contributed by atoms with Crippen LogP contribution < -0.4 is 14.8 Å². The molecule has 3 atom stereocenters. The Morgan fingerprint density at radius 1 is 0.973 bits per heavy atom. The number of amides is 3. The van der Waals surface area contributed by atoms with Crippen molar-refractivity contribution in [3.05, 3.63) is 95.6 Å². The van der Waals surface area contributed by atoms with Crippen molar-refractivity contribution < 1.29 is 29.0 Å². The molecule has 37 heavy (non-hydrogen) atoms. The summed E-state index contributed by atoms with van der Waals surface area (Å²) in [5.41, 5.74) is 1.89. The predicted octanol–water partition coefficient (Wildman–Crippen LogP) is 5.05. The van der Waals surface area contributed by atoms with Gasteiger partial charge in [-0.3, -0.25) is 4.79 Å². The summed E-state index contributed by atoms with van der Waals surface area (Å²) >= 11 is 0. The Morgan fingerprint density at radius 2 is 1.65 bits per heavy atom. The highest BCUT2D eigenvalue weighted by Crippen LogP contribution is 2.35. The number of likely N-dealkylation sites (tertiary alicyclic amines) is 1. The number of carbonyl (C=O) groups is 3. The summed E-state index contributed by atoms with van der Waals surface area (Å²) < 4.78 is 11.8. The van der Waals surface area contributed by atoms with Gasteiger partial charge in [0.1, 0.15) is 11.5 Å². The van der Waals surface area contributed by atoms with E-state index in [-0.39, 0.29) is 17.5 Å². The molecular formula is C29H30N2O6. The normalized spacial score (nSPS) is 17.5. The Labute approximate surface area is 215 Å². The fourth-order valence-electron chi connectivity index (χ4n) is 4.41. The van der Waals surface area contributed by atoms with Gasteiger partial charge in [-0.15, -0.1) is 0 Å². The lowest BCUT2D eigenvalue weighted by Crippen LogP contribution is -2.68. The topological polar surface area (TPSA) is 105 Å². The fraction of sp³-hybridized carbons (Fsp3) is 0.276. The molecule has 0 bridgehead atoms. The monoisotopic (exact) mass is 502 g/mol. The minimum atomic E-state index is -1.05. The molecule has 0 radical (unpaired) electrons. The number of aromatic carboxylic acids is 1. The lowest BCUT2D eigenvalue weighted by atomic mass is 9.88. The second kappa shape index (κ2) is 11.6. The van der Waals surface area contributed by atoms with Gasteiger partial charge in [-0.25, -0.2) is 14.5 Å². The van der Waals surface area contributed by atoms with E-state index in [1.165, 1.54) is 24.3 Å². The van der Waals surface area contributed by atoms with E-state index in [4.69, 9.17) is 9.47 Å². The average molecular weight is 503 g/mol. The van der Waals surface area contributed by atoms with Gasteiger partial charge >= 0.3 is 12.0 Å². The highest BCUT2D eigenvalue weighted by atomic mass is 16.5. The van der Waals surface area contributed by atoms with Crippen LogP contribution in [-0.2, 0) is 11.2 Å². The van der Waals surface area contributed by atoms with Gasteiger partial charge in [0.15, 0.2) is 6.23 Å². The lowest BCUT2D eigenvalue weighted by molar-refractivity contribution is -0.166. The number of carbonyl (C=O) groups excluding carboxylic acids is 2. The van der Waals surface area contributed by atoms with Crippen LogP contribution in [0, 0.1) is 5.92 Å². The fourth-order valence-corrected chi connectivity index (χ4v) is 4.41. The summed E-state index contributed by atoms with van der Waals surface area (Å²) in [5.74, 6) is -0.982. The molecule has 8 heteroatoms. The molecule has 8 nitrogen and oxygen atoms in total. The van der Waals surface area contributed by atoms with Crippen molar-refractivity contribution >= 4 is 17.9 Å². The quantitative estimate of drug-likeness (QED) is 0.376. The van der Waals surface area contributed by atoms with Crippen molar-refractivity contribution in [3.63, 3.8) is 0 Å². The van der Waals surface area contributed by atoms with Crippen molar-refractivity contribution in [1.82, 2.24) is 10.2 Å². The highest BCUT2D eigenvalue weighted by Gasteiger charge is 2.53. The number of imide groups is 1. The average Bonchev–Trinajstić information content (AvgIpc) is 2.91. The number of nitrogens with one attached hydrogen (secondary N) is 1. The molecule has 1 saturated heterocycles. The van der Waals surface area contributed by atoms with Crippen LogP contribution in [0.25, 0.3) is 0 Å². The van der Waals surface area contributed by atoms with E-state index in [0.717, 1.165) is 16.0 Å². The van der Waals surface area contributed by atoms with E-state index in [1.807, 2.05) is 68.4 Å². The van der Waals surface area contributed by atoms with E-state index < -0.39 is 24.1 Å². The third kappa shape index (κ3) is 5.74. The Hall–Kier alpha value is -4.33. The Bertz CT molecular complexity index is 1240. The summed E-state index contributed by atoms with van der Waals surface area (Å²) in [7, 11) is 0. The van der Waals surface area contributed by atoms with Crippen LogP contribution in [-0.4, -0.2) is 40.7 Å². The molecule has 1 aliphatic heterocycles. The lowest BCUT2D eigenvalue weighted by Gasteiger charge is -2.45. The maximum absolute atomic E-state index is 13.3. The number of ether oxygens (including phenoxy) is 2. The summed E-state index contributed by atoms with van der Waals surface area (Å²) in [6.07, 6.45) is 0.101. The number of benzene rings is 3. The molecule has 3 aromatic carbocycles. The minimum Gasteiger partial charge on any atom is -0.494 e. The molecule has 1 aliphatic rings. The molecule has 1 heterocycles. The van der Waals surface area contributed by atoms with E-state index in [0.29, 0.717) is 30.9 Å². The zero-order chi connectivity index (χ0) is 26.4. The van der Waals surface area contributed by atoms with E-state index in [1.54, 1.807) is 0 Å². The summed E-state index contributed by atoms with van der Waals surface area (Å²) in [6, 6.07) is 22.1. The van der Waals surface area contributed by atoms with Crippen LogP contribution in [0.5, 0.6) is 11.5 Å². The molecule has 0 spiro atoms.